The Morgan fingerprint density at radius 1 is 1.35 bits per heavy atom. The summed E-state index contributed by atoms with van der Waals surface area (Å²) in [7, 11) is 0. The van der Waals surface area contributed by atoms with E-state index in [1.165, 1.54) is 6.92 Å². The van der Waals surface area contributed by atoms with Crippen LogP contribution < -0.4 is 0 Å². The molecule has 1 rings (SSSR count). The lowest BCUT2D eigenvalue weighted by Crippen LogP contribution is -2.08. The predicted molar refractivity (Wildman–Crippen MR) is 80.3 cm³/mol. The first-order chi connectivity index (χ1) is 9.30. The molecule has 0 aromatic rings. The van der Waals surface area contributed by atoms with Crippen LogP contribution in [0.15, 0.2) is 35.5 Å². The Morgan fingerprint density at radius 3 is 2.70 bits per heavy atom. The van der Waals surface area contributed by atoms with Gasteiger partial charge in [-0.3, -0.25) is 9.59 Å². The summed E-state index contributed by atoms with van der Waals surface area (Å²) in [5, 5.41) is 0. The van der Waals surface area contributed by atoms with Gasteiger partial charge in [0.15, 0.2) is 5.78 Å². The molecule has 3 heteroatoms. The average molecular weight is 276 g/mol. The van der Waals surface area contributed by atoms with Crippen molar-refractivity contribution >= 4 is 11.8 Å². The molecule has 110 valence electrons. The van der Waals surface area contributed by atoms with Crippen LogP contribution in [-0.4, -0.2) is 18.4 Å². The van der Waals surface area contributed by atoms with Crippen molar-refractivity contribution in [2.24, 2.45) is 5.41 Å². The molecule has 0 saturated carbocycles. The van der Waals surface area contributed by atoms with Gasteiger partial charge in [-0.2, -0.15) is 0 Å². The van der Waals surface area contributed by atoms with Gasteiger partial charge in [-0.05, 0) is 48.8 Å². The van der Waals surface area contributed by atoms with Crippen LogP contribution in [0.25, 0.3) is 0 Å². The summed E-state index contributed by atoms with van der Waals surface area (Å²) in [6.45, 7) is 7.78. The van der Waals surface area contributed by atoms with Gasteiger partial charge in [-0.15, -0.1) is 0 Å². The molecule has 0 aromatic carbocycles. The molecular formula is C17H24O3. The highest BCUT2D eigenvalue weighted by atomic mass is 16.5. The van der Waals surface area contributed by atoms with Crippen molar-refractivity contribution in [3.63, 3.8) is 0 Å². The number of rotatable bonds is 2. The Labute approximate surface area is 121 Å². The van der Waals surface area contributed by atoms with Gasteiger partial charge in [-0.1, -0.05) is 32.1 Å². The summed E-state index contributed by atoms with van der Waals surface area (Å²) < 4.78 is 5.08. The van der Waals surface area contributed by atoms with Gasteiger partial charge >= 0.3 is 5.97 Å². The van der Waals surface area contributed by atoms with E-state index < -0.39 is 0 Å². The topological polar surface area (TPSA) is 43.4 Å². The number of allylic oxidation sites excluding steroid dienone is 5. The molecule has 0 heterocycles. The maximum Gasteiger partial charge on any atom is 0.302 e. The molecule has 3 nitrogen and oxygen atoms in total. The van der Waals surface area contributed by atoms with Gasteiger partial charge in [0.2, 0.25) is 0 Å². The third kappa shape index (κ3) is 6.00. The van der Waals surface area contributed by atoms with Gasteiger partial charge in [0.1, 0.15) is 6.61 Å². The molecule has 0 amide bonds. The second-order valence-corrected chi connectivity index (χ2v) is 5.96. The minimum Gasteiger partial charge on any atom is -0.461 e. The van der Waals surface area contributed by atoms with Crippen LogP contribution in [0.4, 0.5) is 0 Å². The minimum atomic E-state index is -0.263. The molecule has 1 aliphatic rings. The van der Waals surface area contributed by atoms with Crippen LogP contribution in [0.5, 0.6) is 0 Å². The number of esters is 1. The molecule has 0 aliphatic heterocycles. The zero-order chi connectivity index (χ0) is 15.2. The lowest BCUT2D eigenvalue weighted by molar-refractivity contribution is -0.140. The number of ketones is 1. The quantitative estimate of drug-likeness (QED) is 0.570. The summed E-state index contributed by atoms with van der Waals surface area (Å²) in [4.78, 5) is 22.8. The Balaban J connectivity index is 2.90. The highest BCUT2D eigenvalue weighted by molar-refractivity contribution is 6.03. The van der Waals surface area contributed by atoms with Crippen LogP contribution in [0.1, 0.15) is 47.0 Å². The van der Waals surface area contributed by atoms with E-state index in [0.717, 1.165) is 30.4 Å². The van der Waals surface area contributed by atoms with Crippen molar-refractivity contribution in [1.82, 2.24) is 0 Å². The third-order valence-corrected chi connectivity index (χ3v) is 3.37. The number of hydrogen-bond acceptors (Lipinski definition) is 3. The maximum atomic E-state index is 11.9. The molecule has 0 fully saturated rings. The second-order valence-electron chi connectivity index (χ2n) is 5.96. The first-order valence-electron chi connectivity index (χ1n) is 7.02. The molecule has 0 radical (unpaired) electrons. The summed E-state index contributed by atoms with van der Waals surface area (Å²) in [6, 6.07) is 0. The van der Waals surface area contributed by atoms with E-state index in [0.29, 0.717) is 6.61 Å². The molecule has 0 aromatic heterocycles. The molecule has 1 aliphatic carbocycles. The van der Waals surface area contributed by atoms with Gasteiger partial charge in [0.25, 0.3) is 0 Å². The second kappa shape index (κ2) is 7.22. The van der Waals surface area contributed by atoms with Crippen LogP contribution in [0, 0.1) is 5.41 Å². The lowest BCUT2D eigenvalue weighted by Gasteiger charge is -2.18. The Bertz CT molecular complexity index is 465. The average Bonchev–Trinajstić information content (AvgIpc) is 2.39. The van der Waals surface area contributed by atoms with Gasteiger partial charge in [-0.25, -0.2) is 0 Å². The summed E-state index contributed by atoms with van der Waals surface area (Å²) >= 11 is 0. The molecular weight excluding hydrogens is 252 g/mol. The first-order valence-corrected chi connectivity index (χ1v) is 7.02. The van der Waals surface area contributed by atoms with Crippen LogP contribution in [0.3, 0.4) is 0 Å². The van der Waals surface area contributed by atoms with Crippen LogP contribution in [-0.2, 0) is 14.3 Å². The summed E-state index contributed by atoms with van der Waals surface area (Å²) in [6.07, 6.45) is 10.1. The molecule has 20 heavy (non-hydrogen) atoms. The molecule has 0 N–H and O–H groups in total. The van der Waals surface area contributed by atoms with Crippen molar-refractivity contribution < 1.29 is 14.3 Å². The fraction of sp³-hybridized carbons (Fsp3) is 0.529. The minimum absolute atomic E-state index is 0.0708. The number of carbonyl (C=O) groups excluding carboxylic acids is 2. The van der Waals surface area contributed by atoms with Crippen molar-refractivity contribution in [3.8, 4) is 0 Å². The van der Waals surface area contributed by atoms with E-state index in [1.807, 2.05) is 19.1 Å². The van der Waals surface area contributed by atoms with Crippen LogP contribution >= 0.6 is 0 Å². The normalized spacial score (nSPS) is 19.7. The first kappa shape index (κ1) is 16.4. The van der Waals surface area contributed by atoms with E-state index in [-0.39, 0.29) is 17.2 Å². The molecule has 0 spiro atoms. The highest BCUT2D eigenvalue weighted by Crippen LogP contribution is 2.25. The smallest absolute Gasteiger partial charge is 0.302 e. The van der Waals surface area contributed by atoms with Crippen molar-refractivity contribution in [1.29, 1.82) is 0 Å². The fourth-order valence-electron chi connectivity index (χ4n) is 1.91. The van der Waals surface area contributed by atoms with E-state index in [1.54, 1.807) is 6.08 Å². The number of hydrogen-bond donors (Lipinski definition) is 0. The van der Waals surface area contributed by atoms with Gasteiger partial charge < -0.3 is 4.74 Å². The number of carbonyl (C=O) groups is 2. The highest BCUT2D eigenvalue weighted by Gasteiger charge is 2.14. The van der Waals surface area contributed by atoms with Crippen molar-refractivity contribution in [2.75, 3.05) is 6.61 Å². The monoisotopic (exact) mass is 276 g/mol. The number of ether oxygens (including phenoxy) is 1. The summed E-state index contributed by atoms with van der Waals surface area (Å²) in [5.74, 6) is -0.192. The zero-order valence-corrected chi connectivity index (χ0v) is 12.9. The lowest BCUT2D eigenvalue weighted by atomic mass is 9.87. The Kier molecular flexibility index (Phi) is 5.93. The largest absolute Gasteiger partial charge is 0.461 e. The van der Waals surface area contributed by atoms with Gasteiger partial charge in [0.05, 0.1) is 0 Å². The predicted octanol–water partition coefficient (Wildman–Crippen LogP) is 3.76. The standard InChI is InChI=1S/C17H24O3/c1-13-6-5-7-15(12-20-14(2)18)8-10-17(3,4)11-9-16(13)19/h6,8-9,11H,5,7,10,12H2,1-4H3. The zero-order valence-electron chi connectivity index (χ0n) is 12.9. The summed E-state index contributed by atoms with van der Waals surface area (Å²) in [5.41, 5.74) is 1.80. The van der Waals surface area contributed by atoms with E-state index in [2.05, 4.69) is 19.9 Å². The van der Waals surface area contributed by atoms with E-state index in [9.17, 15) is 9.59 Å². The Morgan fingerprint density at radius 2 is 2.05 bits per heavy atom. The van der Waals surface area contributed by atoms with Gasteiger partial charge in [0, 0.05) is 6.92 Å². The Hall–Kier alpha value is -1.64. The van der Waals surface area contributed by atoms with Crippen LogP contribution in [0.2, 0.25) is 0 Å². The van der Waals surface area contributed by atoms with Crippen molar-refractivity contribution in [2.45, 2.75) is 47.0 Å². The molecule has 0 bridgehead atoms. The molecule has 0 saturated heterocycles. The van der Waals surface area contributed by atoms with E-state index in [4.69, 9.17) is 4.74 Å². The third-order valence-electron chi connectivity index (χ3n) is 3.37. The molecule has 0 unspecified atom stereocenters. The molecule has 0 atom stereocenters. The van der Waals surface area contributed by atoms with Crippen molar-refractivity contribution in [3.05, 3.63) is 35.5 Å². The fourth-order valence-corrected chi connectivity index (χ4v) is 1.91. The SMILES string of the molecule is CC(=O)OCC1=CCC(C)(C)C=CC(=O)C(C)=CCC1. The van der Waals surface area contributed by atoms with E-state index >= 15 is 0 Å². The maximum absolute atomic E-state index is 11.9.